The lowest BCUT2D eigenvalue weighted by Gasteiger charge is -2.51. The van der Waals surface area contributed by atoms with Crippen LogP contribution in [0.1, 0.15) is 59.1 Å². The molecule has 0 amide bonds. The van der Waals surface area contributed by atoms with Gasteiger partial charge in [-0.05, 0) is 37.5 Å². The lowest BCUT2D eigenvalue weighted by Crippen LogP contribution is -2.60. The zero-order chi connectivity index (χ0) is 19.0. The van der Waals surface area contributed by atoms with Crippen molar-refractivity contribution in [2.75, 3.05) is 5.73 Å². The number of ether oxygens (including phenoxy) is 1. The highest BCUT2D eigenvalue weighted by atomic mass is 28.4. The average Bonchev–Trinajstić information content (AvgIpc) is 2.50. The van der Waals surface area contributed by atoms with Crippen LogP contribution in [0.5, 0.6) is 0 Å². The van der Waals surface area contributed by atoms with Gasteiger partial charge >= 0.3 is 0 Å². The van der Waals surface area contributed by atoms with Crippen molar-refractivity contribution in [2.24, 2.45) is 0 Å². The molecule has 6 heteroatoms. The zero-order valence-corrected chi connectivity index (χ0v) is 17.7. The summed E-state index contributed by atoms with van der Waals surface area (Å²) in [7, 11) is -2.03. The van der Waals surface area contributed by atoms with E-state index in [-0.39, 0.29) is 23.4 Å². The number of rotatable bonds is 4. The largest absolute Gasteiger partial charge is 0.411 e. The molecule has 2 heterocycles. The van der Waals surface area contributed by atoms with E-state index in [0.29, 0.717) is 18.5 Å². The highest BCUT2D eigenvalue weighted by molar-refractivity contribution is 6.74. The molecule has 1 aromatic heterocycles. The fraction of sp³-hybridized carbons (Fsp3) is 0.737. The minimum atomic E-state index is -2.03. The summed E-state index contributed by atoms with van der Waals surface area (Å²) in [4.78, 5) is 4.06. The number of aliphatic hydroxyl groups is 1. The molecule has 142 valence electrons. The van der Waals surface area contributed by atoms with E-state index in [0.717, 1.165) is 5.56 Å². The van der Waals surface area contributed by atoms with E-state index in [1.165, 1.54) is 0 Å². The average molecular weight is 367 g/mol. The highest BCUT2D eigenvalue weighted by Crippen LogP contribution is 2.45. The van der Waals surface area contributed by atoms with Crippen LogP contribution in [0, 0.1) is 0 Å². The van der Waals surface area contributed by atoms with Gasteiger partial charge in [-0.3, -0.25) is 4.98 Å². The predicted octanol–water partition coefficient (Wildman–Crippen LogP) is 4.05. The van der Waals surface area contributed by atoms with Crippen LogP contribution in [0.2, 0.25) is 18.1 Å². The second-order valence-electron chi connectivity index (χ2n) is 8.72. The third kappa shape index (κ3) is 3.92. The van der Waals surface area contributed by atoms with Crippen LogP contribution in [-0.4, -0.2) is 36.2 Å². The van der Waals surface area contributed by atoms with Crippen molar-refractivity contribution in [2.45, 2.75) is 89.5 Å². The monoisotopic (exact) mass is 366 g/mol. The summed E-state index contributed by atoms with van der Waals surface area (Å²) in [6.45, 7) is 15.0. The molecule has 0 saturated carbocycles. The van der Waals surface area contributed by atoms with Gasteiger partial charge in [-0.2, -0.15) is 0 Å². The first-order chi connectivity index (χ1) is 11.4. The SMILES string of the molecule is CC[C@]1(O)[C@@H](C)O[C@@H](c2ccncc2N)C[C@H]1O[Si](C)(C)C(C)(C)C. The Morgan fingerprint density at radius 1 is 1.44 bits per heavy atom. The molecule has 0 spiro atoms. The van der Waals surface area contributed by atoms with Crippen LogP contribution in [0.25, 0.3) is 0 Å². The van der Waals surface area contributed by atoms with E-state index in [1.54, 1.807) is 12.4 Å². The summed E-state index contributed by atoms with van der Waals surface area (Å²) in [5.41, 5.74) is 6.65. The number of hydrogen-bond acceptors (Lipinski definition) is 5. The van der Waals surface area contributed by atoms with Crippen molar-refractivity contribution >= 4 is 14.0 Å². The molecule has 0 radical (unpaired) electrons. The molecular formula is C19H34N2O3Si. The first kappa shape index (κ1) is 20.4. The molecule has 0 unspecified atom stereocenters. The Morgan fingerprint density at radius 2 is 2.08 bits per heavy atom. The van der Waals surface area contributed by atoms with Gasteiger partial charge in [0.15, 0.2) is 8.32 Å². The van der Waals surface area contributed by atoms with Crippen LogP contribution in [0.3, 0.4) is 0 Å². The minimum absolute atomic E-state index is 0.0778. The Balaban J connectivity index is 2.34. The summed E-state index contributed by atoms with van der Waals surface area (Å²) >= 11 is 0. The first-order valence-corrected chi connectivity index (χ1v) is 12.1. The molecule has 1 aliphatic rings. The molecule has 1 fully saturated rings. The number of pyridine rings is 1. The van der Waals surface area contributed by atoms with Crippen LogP contribution >= 0.6 is 0 Å². The van der Waals surface area contributed by atoms with E-state index in [4.69, 9.17) is 14.9 Å². The fourth-order valence-corrected chi connectivity index (χ4v) is 4.55. The van der Waals surface area contributed by atoms with E-state index in [9.17, 15) is 5.11 Å². The Labute approximate surface area is 153 Å². The quantitative estimate of drug-likeness (QED) is 0.786. The maximum absolute atomic E-state index is 11.3. The molecule has 3 N–H and O–H groups in total. The van der Waals surface area contributed by atoms with Crippen molar-refractivity contribution in [1.82, 2.24) is 4.98 Å². The van der Waals surface area contributed by atoms with E-state index >= 15 is 0 Å². The van der Waals surface area contributed by atoms with E-state index in [2.05, 4.69) is 38.8 Å². The maximum atomic E-state index is 11.3. The van der Waals surface area contributed by atoms with Gasteiger partial charge in [-0.1, -0.05) is 27.7 Å². The third-order valence-electron chi connectivity index (χ3n) is 6.10. The van der Waals surface area contributed by atoms with Gasteiger partial charge in [0, 0.05) is 18.2 Å². The summed E-state index contributed by atoms with van der Waals surface area (Å²) < 4.78 is 12.8. The topological polar surface area (TPSA) is 77.6 Å². The van der Waals surface area contributed by atoms with Gasteiger partial charge in [-0.15, -0.1) is 0 Å². The Bertz CT molecular complexity index is 603. The van der Waals surface area contributed by atoms with Crippen molar-refractivity contribution in [3.63, 3.8) is 0 Å². The maximum Gasteiger partial charge on any atom is 0.192 e. The molecule has 0 aromatic carbocycles. The number of hydrogen-bond donors (Lipinski definition) is 2. The smallest absolute Gasteiger partial charge is 0.192 e. The zero-order valence-electron chi connectivity index (χ0n) is 16.7. The molecule has 2 rings (SSSR count). The molecule has 0 bridgehead atoms. The summed E-state index contributed by atoms with van der Waals surface area (Å²) in [6.07, 6.45) is 3.75. The van der Waals surface area contributed by atoms with Crippen LogP contribution in [0.15, 0.2) is 18.5 Å². The molecule has 0 aliphatic carbocycles. The Morgan fingerprint density at radius 3 is 2.60 bits per heavy atom. The Hall–Kier alpha value is -0.953. The molecular weight excluding hydrogens is 332 g/mol. The van der Waals surface area contributed by atoms with Crippen LogP contribution in [-0.2, 0) is 9.16 Å². The normalized spacial score (nSPS) is 31.1. The Kier molecular flexibility index (Phi) is 5.69. The van der Waals surface area contributed by atoms with Crippen molar-refractivity contribution in [1.29, 1.82) is 0 Å². The number of anilines is 1. The number of nitrogens with zero attached hydrogens (tertiary/aromatic N) is 1. The van der Waals surface area contributed by atoms with Crippen molar-refractivity contribution < 1.29 is 14.3 Å². The van der Waals surface area contributed by atoms with Crippen LogP contribution in [0.4, 0.5) is 5.69 Å². The molecule has 1 saturated heterocycles. The van der Waals surface area contributed by atoms with Gasteiger partial charge in [0.1, 0.15) is 5.60 Å². The summed E-state index contributed by atoms with van der Waals surface area (Å²) in [5.74, 6) is 0. The van der Waals surface area contributed by atoms with Crippen LogP contribution < -0.4 is 5.73 Å². The molecule has 5 nitrogen and oxygen atoms in total. The third-order valence-corrected chi connectivity index (χ3v) is 10.6. The van der Waals surface area contributed by atoms with Gasteiger partial charge in [0.25, 0.3) is 0 Å². The molecule has 1 aromatic rings. The summed E-state index contributed by atoms with van der Waals surface area (Å²) in [6, 6.07) is 1.90. The number of aromatic nitrogens is 1. The summed E-state index contributed by atoms with van der Waals surface area (Å²) in [5, 5.41) is 11.4. The number of nitrogens with two attached hydrogens (primary N) is 1. The minimum Gasteiger partial charge on any atom is -0.411 e. The second kappa shape index (κ2) is 6.99. The van der Waals surface area contributed by atoms with Crippen molar-refractivity contribution in [3.05, 3.63) is 24.0 Å². The lowest BCUT2D eigenvalue weighted by atomic mass is 9.81. The van der Waals surface area contributed by atoms with Gasteiger partial charge in [0.2, 0.25) is 0 Å². The molecule has 4 atom stereocenters. The molecule has 25 heavy (non-hydrogen) atoms. The molecule has 1 aliphatic heterocycles. The van der Waals surface area contributed by atoms with Gasteiger partial charge in [0.05, 0.1) is 30.2 Å². The first-order valence-electron chi connectivity index (χ1n) is 9.17. The van der Waals surface area contributed by atoms with E-state index < -0.39 is 13.9 Å². The standard InChI is InChI=1S/C19H34N2O3Si/c1-8-19(22)13(2)23-16(14-9-10-21-12-15(14)20)11-17(19)24-25(6,7)18(3,4)5/h9-10,12-13,16-17,22H,8,11,20H2,1-7H3/t13-,16-,17-,19+/m1/s1. The lowest BCUT2D eigenvalue weighted by molar-refractivity contribution is -0.220. The highest BCUT2D eigenvalue weighted by Gasteiger charge is 2.51. The second-order valence-corrected chi connectivity index (χ2v) is 13.5. The fourth-order valence-electron chi connectivity index (χ4n) is 3.19. The number of nitrogen functional groups attached to an aromatic ring is 1. The van der Waals surface area contributed by atoms with E-state index in [1.807, 2.05) is 19.9 Å². The van der Waals surface area contributed by atoms with Gasteiger partial charge < -0.3 is 20.0 Å². The predicted molar refractivity (Wildman–Crippen MR) is 104 cm³/mol. The van der Waals surface area contributed by atoms with Crippen molar-refractivity contribution in [3.8, 4) is 0 Å². The van der Waals surface area contributed by atoms with Gasteiger partial charge in [-0.25, -0.2) is 0 Å².